The van der Waals surface area contributed by atoms with Gasteiger partial charge in [-0.2, -0.15) is 0 Å². The van der Waals surface area contributed by atoms with Crippen LogP contribution >= 0.6 is 0 Å². The fourth-order valence-electron chi connectivity index (χ4n) is 3.62. The van der Waals surface area contributed by atoms with Gasteiger partial charge in [-0.1, -0.05) is 13.8 Å². The second kappa shape index (κ2) is 10.1. The second-order valence-electron chi connectivity index (χ2n) is 7.28. The van der Waals surface area contributed by atoms with Crippen molar-refractivity contribution in [2.75, 3.05) is 52.9 Å². The summed E-state index contributed by atoms with van der Waals surface area (Å²) in [4.78, 5) is 9.54. The predicted molar refractivity (Wildman–Crippen MR) is 99.1 cm³/mol. The summed E-state index contributed by atoms with van der Waals surface area (Å²) in [6, 6.07) is 0.574. The fraction of sp³-hybridized carbons (Fsp3) is 0.944. The molecule has 0 atom stereocenters. The van der Waals surface area contributed by atoms with E-state index >= 15 is 0 Å². The number of rotatable bonds is 6. The van der Waals surface area contributed by atoms with E-state index in [0.29, 0.717) is 6.04 Å². The average molecular weight is 324 g/mol. The molecule has 0 aromatic carbocycles. The van der Waals surface area contributed by atoms with Crippen molar-refractivity contribution < 1.29 is 0 Å². The van der Waals surface area contributed by atoms with Crippen LogP contribution in [-0.4, -0.2) is 74.7 Å². The van der Waals surface area contributed by atoms with Gasteiger partial charge in [-0.05, 0) is 57.7 Å². The van der Waals surface area contributed by atoms with Crippen LogP contribution in [-0.2, 0) is 0 Å². The summed E-state index contributed by atoms with van der Waals surface area (Å²) in [6.07, 6.45) is 6.42. The maximum Gasteiger partial charge on any atom is 0.191 e. The zero-order valence-electron chi connectivity index (χ0n) is 15.5. The Bertz CT molecular complexity index is 341. The summed E-state index contributed by atoms with van der Waals surface area (Å²) in [5.41, 5.74) is 0. The number of guanidine groups is 1. The molecule has 5 heteroatoms. The molecule has 0 aromatic rings. The zero-order valence-corrected chi connectivity index (χ0v) is 15.5. The average Bonchev–Trinajstić information content (AvgIpc) is 2.57. The van der Waals surface area contributed by atoms with Gasteiger partial charge in [0.2, 0.25) is 0 Å². The van der Waals surface area contributed by atoms with Crippen molar-refractivity contribution in [3.63, 3.8) is 0 Å². The van der Waals surface area contributed by atoms with E-state index in [1.807, 2.05) is 7.05 Å². The molecule has 0 bridgehead atoms. The Morgan fingerprint density at radius 2 is 1.61 bits per heavy atom. The molecule has 0 amide bonds. The molecule has 0 radical (unpaired) electrons. The van der Waals surface area contributed by atoms with Crippen LogP contribution in [0.1, 0.15) is 46.0 Å². The van der Waals surface area contributed by atoms with Gasteiger partial charge in [0.1, 0.15) is 0 Å². The molecule has 134 valence electrons. The summed E-state index contributed by atoms with van der Waals surface area (Å²) >= 11 is 0. The monoisotopic (exact) mass is 323 g/mol. The second-order valence-corrected chi connectivity index (χ2v) is 7.28. The maximum atomic E-state index is 4.39. The molecule has 2 heterocycles. The Hall–Kier alpha value is -0.810. The minimum Gasteiger partial charge on any atom is -0.355 e. The highest BCUT2D eigenvalue weighted by atomic mass is 15.2. The lowest BCUT2D eigenvalue weighted by Crippen LogP contribution is -2.50. The molecule has 5 nitrogen and oxygen atoms in total. The molecule has 2 saturated heterocycles. The van der Waals surface area contributed by atoms with Crippen molar-refractivity contribution in [2.45, 2.75) is 52.0 Å². The van der Waals surface area contributed by atoms with Crippen LogP contribution in [0.15, 0.2) is 4.99 Å². The molecule has 2 aliphatic heterocycles. The van der Waals surface area contributed by atoms with Gasteiger partial charge >= 0.3 is 0 Å². The maximum absolute atomic E-state index is 4.39. The van der Waals surface area contributed by atoms with Crippen LogP contribution in [0, 0.1) is 5.92 Å². The quantitative estimate of drug-likeness (QED) is 0.577. The third-order valence-corrected chi connectivity index (χ3v) is 5.29. The lowest BCUT2D eigenvalue weighted by molar-refractivity contribution is 0.194. The third kappa shape index (κ3) is 6.68. The van der Waals surface area contributed by atoms with E-state index in [1.165, 1.54) is 64.8 Å². The molecule has 2 aliphatic rings. The molecule has 0 saturated carbocycles. The molecular weight excluding hydrogens is 286 g/mol. The first-order chi connectivity index (χ1) is 11.2. The topological polar surface area (TPSA) is 42.9 Å². The van der Waals surface area contributed by atoms with Gasteiger partial charge < -0.3 is 20.4 Å². The van der Waals surface area contributed by atoms with E-state index in [0.717, 1.165) is 25.0 Å². The van der Waals surface area contributed by atoms with Crippen LogP contribution < -0.4 is 10.6 Å². The van der Waals surface area contributed by atoms with E-state index < -0.39 is 0 Å². The summed E-state index contributed by atoms with van der Waals surface area (Å²) in [7, 11) is 1.88. The summed E-state index contributed by atoms with van der Waals surface area (Å²) in [6.45, 7) is 12.9. The van der Waals surface area contributed by atoms with Crippen LogP contribution in [0.5, 0.6) is 0 Å². The summed E-state index contributed by atoms with van der Waals surface area (Å²) in [5.74, 6) is 1.89. The molecule has 0 spiro atoms. The number of aliphatic imine (C=N–C) groups is 1. The number of nitrogens with one attached hydrogen (secondary N) is 2. The minimum absolute atomic E-state index is 0.574. The Morgan fingerprint density at radius 1 is 1.00 bits per heavy atom. The SMILES string of the molecule is CCCN1CCC(NC(=NC)NCCN2CCC(C)CC2)CC1. The van der Waals surface area contributed by atoms with Crippen LogP contribution in [0.25, 0.3) is 0 Å². The molecule has 2 fully saturated rings. The van der Waals surface area contributed by atoms with E-state index in [9.17, 15) is 0 Å². The highest BCUT2D eigenvalue weighted by Crippen LogP contribution is 2.15. The molecule has 2 rings (SSSR count). The number of piperidine rings is 2. The van der Waals surface area contributed by atoms with Crippen LogP contribution in [0.3, 0.4) is 0 Å². The van der Waals surface area contributed by atoms with Crippen molar-refractivity contribution in [1.82, 2.24) is 20.4 Å². The van der Waals surface area contributed by atoms with Crippen LogP contribution in [0.2, 0.25) is 0 Å². The lowest BCUT2D eigenvalue weighted by Gasteiger charge is -2.33. The number of hydrogen-bond donors (Lipinski definition) is 2. The summed E-state index contributed by atoms with van der Waals surface area (Å²) in [5, 5.41) is 7.10. The first-order valence-electron chi connectivity index (χ1n) is 9.63. The summed E-state index contributed by atoms with van der Waals surface area (Å²) < 4.78 is 0. The number of hydrogen-bond acceptors (Lipinski definition) is 3. The van der Waals surface area contributed by atoms with E-state index in [2.05, 4.69) is 39.3 Å². The van der Waals surface area contributed by atoms with Crippen LogP contribution in [0.4, 0.5) is 0 Å². The number of likely N-dealkylation sites (tertiary alicyclic amines) is 2. The van der Waals surface area contributed by atoms with E-state index in [-0.39, 0.29) is 0 Å². The van der Waals surface area contributed by atoms with Crippen molar-refractivity contribution in [3.05, 3.63) is 0 Å². The molecule has 23 heavy (non-hydrogen) atoms. The highest BCUT2D eigenvalue weighted by Gasteiger charge is 2.19. The lowest BCUT2D eigenvalue weighted by atomic mass is 9.99. The van der Waals surface area contributed by atoms with Gasteiger partial charge in [0.15, 0.2) is 5.96 Å². The van der Waals surface area contributed by atoms with Gasteiger partial charge in [-0.25, -0.2) is 0 Å². The molecule has 0 unspecified atom stereocenters. The standard InChI is InChI=1S/C18H37N5/c1-4-10-22-13-7-17(8-14-22)21-18(19-3)20-9-15-23-11-5-16(2)6-12-23/h16-17H,4-15H2,1-3H3,(H2,19,20,21). The van der Waals surface area contributed by atoms with Crippen molar-refractivity contribution in [3.8, 4) is 0 Å². The first-order valence-corrected chi connectivity index (χ1v) is 9.63. The normalized spacial score (nSPS) is 23.2. The van der Waals surface area contributed by atoms with Crippen molar-refractivity contribution >= 4 is 5.96 Å². The first kappa shape index (κ1) is 18.5. The van der Waals surface area contributed by atoms with Gasteiger partial charge in [0.05, 0.1) is 0 Å². The van der Waals surface area contributed by atoms with Gasteiger partial charge in [0.25, 0.3) is 0 Å². The Balaban J connectivity index is 1.60. The Labute approximate surface area is 142 Å². The Kier molecular flexibility index (Phi) is 8.17. The van der Waals surface area contributed by atoms with E-state index in [4.69, 9.17) is 0 Å². The Morgan fingerprint density at radius 3 is 2.22 bits per heavy atom. The van der Waals surface area contributed by atoms with Gasteiger partial charge in [0, 0.05) is 39.3 Å². The molecular formula is C18H37N5. The fourth-order valence-corrected chi connectivity index (χ4v) is 3.62. The molecule has 2 N–H and O–H groups in total. The van der Waals surface area contributed by atoms with Gasteiger partial charge in [-0.3, -0.25) is 4.99 Å². The molecule has 0 aliphatic carbocycles. The third-order valence-electron chi connectivity index (χ3n) is 5.29. The minimum atomic E-state index is 0.574. The highest BCUT2D eigenvalue weighted by molar-refractivity contribution is 5.79. The van der Waals surface area contributed by atoms with E-state index in [1.54, 1.807) is 0 Å². The number of nitrogens with zero attached hydrogens (tertiary/aromatic N) is 3. The zero-order chi connectivity index (χ0) is 16.5. The van der Waals surface area contributed by atoms with Crippen molar-refractivity contribution in [1.29, 1.82) is 0 Å². The smallest absolute Gasteiger partial charge is 0.191 e. The largest absolute Gasteiger partial charge is 0.355 e. The van der Waals surface area contributed by atoms with Crippen molar-refractivity contribution in [2.24, 2.45) is 10.9 Å². The molecule has 0 aromatic heterocycles. The predicted octanol–water partition coefficient (Wildman–Crippen LogP) is 1.76. The van der Waals surface area contributed by atoms with Gasteiger partial charge in [-0.15, -0.1) is 0 Å².